The summed E-state index contributed by atoms with van der Waals surface area (Å²) in [6, 6.07) is 9.56. The van der Waals surface area contributed by atoms with E-state index in [1.54, 1.807) is 7.11 Å². The van der Waals surface area contributed by atoms with E-state index in [0.717, 1.165) is 11.3 Å². The summed E-state index contributed by atoms with van der Waals surface area (Å²) in [6.45, 7) is 1.82. The minimum atomic E-state index is -0.710. The summed E-state index contributed by atoms with van der Waals surface area (Å²) in [7, 11) is 1.60. The molecule has 1 aliphatic rings. The van der Waals surface area contributed by atoms with E-state index in [0.29, 0.717) is 12.0 Å². The van der Waals surface area contributed by atoms with Crippen molar-refractivity contribution in [3.05, 3.63) is 41.3 Å². The first-order chi connectivity index (χ1) is 9.55. The fraction of sp³-hybridized carbons (Fsp3) is 0.400. The van der Waals surface area contributed by atoms with Crippen LogP contribution >= 0.6 is 0 Å². The lowest BCUT2D eigenvalue weighted by atomic mass is 9.78. The molecule has 0 saturated carbocycles. The molecule has 1 aromatic carbocycles. The van der Waals surface area contributed by atoms with Crippen molar-refractivity contribution in [2.24, 2.45) is 5.73 Å². The van der Waals surface area contributed by atoms with Crippen molar-refractivity contribution < 1.29 is 14.6 Å². The third kappa shape index (κ3) is 2.30. The molecule has 20 heavy (non-hydrogen) atoms. The van der Waals surface area contributed by atoms with Gasteiger partial charge in [0.15, 0.2) is 5.88 Å². The Balaban J connectivity index is 2.44. The molecule has 5 nitrogen and oxygen atoms in total. The molecule has 2 atom stereocenters. The summed E-state index contributed by atoms with van der Waals surface area (Å²) in [6.07, 6.45) is 0.398. The molecular weight excluding hydrogens is 256 g/mol. The van der Waals surface area contributed by atoms with Crippen LogP contribution in [0.3, 0.4) is 0 Å². The van der Waals surface area contributed by atoms with Gasteiger partial charge in [-0.15, -0.1) is 0 Å². The highest BCUT2D eigenvalue weighted by atomic mass is 16.5. The number of benzene rings is 1. The lowest BCUT2D eigenvalue weighted by molar-refractivity contribution is 0.00766. The molecule has 2 unspecified atom stereocenters. The van der Waals surface area contributed by atoms with E-state index in [9.17, 15) is 10.4 Å². The minimum absolute atomic E-state index is 0.0326. The number of ether oxygens (including phenoxy) is 2. The highest BCUT2D eigenvalue weighted by Crippen LogP contribution is 2.46. The molecule has 2 rings (SSSR count). The molecule has 0 fully saturated rings. The first-order valence-corrected chi connectivity index (χ1v) is 6.39. The molecule has 0 bridgehead atoms. The number of hydrogen-bond donors (Lipinski definition) is 2. The second kappa shape index (κ2) is 5.43. The molecule has 0 saturated heterocycles. The van der Waals surface area contributed by atoms with Crippen LogP contribution in [0, 0.1) is 11.3 Å². The summed E-state index contributed by atoms with van der Waals surface area (Å²) in [5.74, 6) is 0.599. The molecule has 1 heterocycles. The molecule has 0 aliphatic carbocycles. The zero-order chi connectivity index (χ0) is 14.8. The molecule has 3 N–H and O–H groups in total. The van der Waals surface area contributed by atoms with E-state index in [4.69, 9.17) is 15.2 Å². The van der Waals surface area contributed by atoms with Gasteiger partial charge in [0.1, 0.15) is 23.0 Å². The standard InChI is InChI=1S/C15H18N2O3/c1-15(7-8-18)13(12(9-16)14(17)20-15)10-3-5-11(19-2)6-4-10/h3-6,13,18H,7-8,17H2,1-2H3. The van der Waals surface area contributed by atoms with E-state index >= 15 is 0 Å². The van der Waals surface area contributed by atoms with Crippen LogP contribution in [0.25, 0.3) is 0 Å². The van der Waals surface area contributed by atoms with E-state index < -0.39 is 5.60 Å². The van der Waals surface area contributed by atoms with Crippen LogP contribution in [0.15, 0.2) is 35.7 Å². The third-order valence-electron chi connectivity index (χ3n) is 3.69. The summed E-state index contributed by atoms with van der Waals surface area (Å²) in [5.41, 5.74) is 6.42. The van der Waals surface area contributed by atoms with Crippen molar-refractivity contribution in [3.63, 3.8) is 0 Å². The zero-order valence-corrected chi connectivity index (χ0v) is 11.6. The Morgan fingerprint density at radius 2 is 2.10 bits per heavy atom. The zero-order valence-electron chi connectivity index (χ0n) is 11.6. The van der Waals surface area contributed by atoms with Gasteiger partial charge in [-0.25, -0.2) is 0 Å². The fourth-order valence-electron chi connectivity index (χ4n) is 2.67. The average molecular weight is 274 g/mol. The minimum Gasteiger partial charge on any atom is -0.497 e. The Hall–Kier alpha value is -2.19. The van der Waals surface area contributed by atoms with Gasteiger partial charge in [-0.2, -0.15) is 5.26 Å². The van der Waals surface area contributed by atoms with Crippen molar-refractivity contribution in [3.8, 4) is 11.8 Å². The predicted molar refractivity (Wildman–Crippen MR) is 73.8 cm³/mol. The van der Waals surface area contributed by atoms with Gasteiger partial charge in [-0.05, 0) is 24.6 Å². The number of nitrogens with zero attached hydrogens (tertiary/aromatic N) is 1. The van der Waals surface area contributed by atoms with Crippen LogP contribution < -0.4 is 10.5 Å². The van der Waals surface area contributed by atoms with Crippen molar-refractivity contribution >= 4 is 0 Å². The highest BCUT2D eigenvalue weighted by Gasteiger charge is 2.46. The maximum atomic E-state index is 9.31. The van der Waals surface area contributed by atoms with Gasteiger partial charge >= 0.3 is 0 Å². The van der Waals surface area contributed by atoms with E-state index in [1.807, 2.05) is 31.2 Å². The second-order valence-electron chi connectivity index (χ2n) is 4.98. The Kier molecular flexibility index (Phi) is 3.86. The monoisotopic (exact) mass is 274 g/mol. The summed E-state index contributed by atoms with van der Waals surface area (Å²) in [5, 5.41) is 18.6. The number of nitrogens with two attached hydrogens (primary N) is 1. The molecule has 1 aromatic rings. The van der Waals surface area contributed by atoms with Crippen LogP contribution in [-0.2, 0) is 4.74 Å². The first kappa shape index (κ1) is 14.2. The summed E-state index contributed by atoms with van der Waals surface area (Å²) >= 11 is 0. The molecular formula is C15H18N2O3. The highest BCUT2D eigenvalue weighted by molar-refractivity contribution is 5.45. The molecule has 106 valence electrons. The van der Waals surface area contributed by atoms with Crippen LogP contribution in [-0.4, -0.2) is 24.4 Å². The van der Waals surface area contributed by atoms with Crippen molar-refractivity contribution in [2.75, 3.05) is 13.7 Å². The van der Waals surface area contributed by atoms with Gasteiger partial charge in [0.25, 0.3) is 0 Å². The van der Waals surface area contributed by atoms with Crippen LogP contribution in [0.5, 0.6) is 5.75 Å². The SMILES string of the molecule is COc1ccc(C2C(C#N)=C(N)OC2(C)CCO)cc1. The van der Waals surface area contributed by atoms with Crippen molar-refractivity contribution in [1.82, 2.24) is 0 Å². The normalized spacial score (nSPS) is 25.2. The van der Waals surface area contributed by atoms with Gasteiger partial charge in [-0.1, -0.05) is 12.1 Å². The summed E-state index contributed by atoms with van der Waals surface area (Å²) in [4.78, 5) is 0. The van der Waals surface area contributed by atoms with Crippen LogP contribution in [0.2, 0.25) is 0 Å². The van der Waals surface area contributed by atoms with Gasteiger partial charge in [0.2, 0.25) is 0 Å². The van der Waals surface area contributed by atoms with Crippen molar-refractivity contribution in [2.45, 2.75) is 24.9 Å². The van der Waals surface area contributed by atoms with E-state index in [-0.39, 0.29) is 18.4 Å². The molecule has 5 heteroatoms. The molecule has 0 radical (unpaired) electrons. The van der Waals surface area contributed by atoms with E-state index in [2.05, 4.69) is 6.07 Å². The lowest BCUT2D eigenvalue weighted by Gasteiger charge is -2.31. The van der Waals surface area contributed by atoms with Crippen LogP contribution in [0.1, 0.15) is 24.8 Å². The molecule has 0 aromatic heterocycles. The summed E-state index contributed by atoms with van der Waals surface area (Å²) < 4.78 is 10.8. The van der Waals surface area contributed by atoms with Gasteiger partial charge < -0.3 is 20.3 Å². The average Bonchev–Trinajstić information content (AvgIpc) is 2.69. The maximum Gasteiger partial charge on any atom is 0.199 e. The first-order valence-electron chi connectivity index (χ1n) is 6.39. The Bertz CT molecular complexity index is 559. The quantitative estimate of drug-likeness (QED) is 0.871. The largest absolute Gasteiger partial charge is 0.497 e. The van der Waals surface area contributed by atoms with Gasteiger partial charge in [0, 0.05) is 13.0 Å². The Morgan fingerprint density at radius 3 is 2.60 bits per heavy atom. The topological polar surface area (TPSA) is 88.5 Å². The molecule has 0 amide bonds. The third-order valence-corrected chi connectivity index (χ3v) is 3.69. The number of aliphatic hydroxyl groups excluding tert-OH is 1. The fourth-order valence-corrected chi connectivity index (χ4v) is 2.67. The Labute approximate surface area is 118 Å². The molecule has 1 aliphatic heterocycles. The Morgan fingerprint density at radius 1 is 1.45 bits per heavy atom. The van der Waals surface area contributed by atoms with Crippen molar-refractivity contribution in [1.29, 1.82) is 5.26 Å². The van der Waals surface area contributed by atoms with Crippen LogP contribution in [0.4, 0.5) is 0 Å². The second-order valence-corrected chi connectivity index (χ2v) is 4.98. The number of nitriles is 1. The number of hydrogen-bond acceptors (Lipinski definition) is 5. The van der Waals surface area contributed by atoms with Gasteiger partial charge in [-0.3, -0.25) is 0 Å². The predicted octanol–water partition coefficient (Wildman–Crippen LogP) is 1.64. The maximum absolute atomic E-state index is 9.31. The smallest absolute Gasteiger partial charge is 0.199 e. The van der Waals surface area contributed by atoms with Gasteiger partial charge in [0.05, 0.1) is 13.0 Å². The number of aliphatic hydroxyl groups is 1. The van der Waals surface area contributed by atoms with E-state index in [1.165, 1.54) is 0 Å². The lowest BCUT2D eigenvalue weighted by Crippen LogP contribution is -2.33. The number of methoxy groups -OCH3 is 1. The number of rotatable bonds is 4. The molecule has 0 spiro atoms.